The molecule has 0 aliphatic carbocycles. The fourth-order valence-electron chi connectivity index (χ4n) is 1.94. The maximum Gasteiger partial charge on any atom is 0.120 e. The second kappa shape index (κ2) is 7.24. The van der Waals surface area contributed by atoms with E-state index < -0.39 is 0 Å². The largest absolute Gasteiger partial charge is 0.494 e. The molecule has 2 rings (SSSR count). The van der Waals surface area contributed by atoms with E-state index >= 15 is 0 Å². The van der Waals surface area contributed by atoms with Gasteiger partial charge in [0.25, 0.3) is 0 Å². The van der Waals surface area contributed by atoms with Gasteiger partial charge in [0.05, 0.1) is 12.6 Å². The molecule has 0 saturated carbocycles. The Morgan fingerprint density at radius 3 is 2.50 bits per heavy atom. The summed E-state index contributed by atoms with van der Waals surface area (Å²) >= 11 is 9.44. The molecule has 1 unspecified atom stereocenters. The average molecular weight is 511 g/mol. The quantitative estimate of drug-likeness (QED) is 0.569. The molecule has 2 nitrogen and oxygen atoms in total. The van der Waals surface area contributed by atoms with Crippen molar-refractivity contribution in [3.8, 4) is 5.75 Å². The highest BCUT2D eigenvalue weighted by Gasteiger charge is 2.16. The molecule has 0 aliphatic rings. The summed E-state index contributed by atoms with van der Waals surface area (Å²) in [6.07, 6.45) is 0. The van der Waals surface area contributed by atoms with Crippen LogP contribution in [0.4, 0.5) is 0 Å². The van der Waals surface area contributed by atoms with Crippen LogP contribution in [0, 0.1) is 3.57 Å². The van der Waals surface area contributed by atoms with Gasteiger partial charge in [0, 0.05) is 12.5 Å². The third-order valence-electron chi connectivity index (χ3n) is 2.91. The van der Waals surface area contributed by atoms with Crippen molar-refractivity contribution in [1.29, 1.82) is 0 Å². The Bertz CT molecular complexity index is 619. The summed E-state index contributed by atoms with van der Waals surface area (Å²) < 4.78 is 8.63. The van der Waals surface area contributed by atoms with Crippen LogP contribution in [-0.4, -0.2) is 6.61 Å². The van der Waals surface area contributed by atoms with Crippen molar-refractivity contribution in [2.45, 2.75) is 13.0 Å². The molecule has 0 amide bonds. The van der Waals surface area contributed by atoms with Crippen LogP contribution < -0.4 is 10.5 Å². The van der Waals surface area contributed by atoms with Crippen molar-refractivity contribution in [3.05, 3.63) is 60.0 Å². The van der Waals surface area contributed by atoms with Crippen LogP contribution in [0.25, 0.3) is 0 Å². The summed E-state index contributed by atoms with van der Waals surface area (Å²) in [7, 11) is 0. The van der Waals surface area contributed by atoms with E-state index in [1.807, 2.05) is 37.3 Å². The second-order valence-electron chi connectivity index (χ2n) is 4.26. The Morgan fingerprint density at radius 2 is 1.85 bits per heavy atom. The van der Waals surface area contributed by atoms with Gasteiger partial charge < -0.3 is 10.5 Å². The summed E-state index contributed by atoms with van der Waals surface area (Å²) in [6.45, 7) is 2.62. The lowest BCUT2D eigenvalue weighted by atomic mass is 10.00. The predicted octanol–water partition coefficient (Wildman–Crippen LogP) is 5.26. The number of hydrogen-bond acceptors (Lipinski definition) is 2. The third-order valence-corrected chi connectivity index (χ3v) is 4.99. The fourth-order valence-corrected chi connectivity index (χ4v) is 3.55. The zero-order valence-electron chi connectivity index (χ0n) is 10.9. The summed E-state index contributed by atoms with van der Waals surface area (Å²) in [5, 5.41) is 0. The molecular weight excluding hydrogens is 497 g/mol. The van der Waals surface area contributed by atoms with Crippen LogP contribution in [0.5, 0.6) is 5.75 Å². The molecule has 0 aromatic heterocycles. The summed E-state index contributed by atoms with van der Waals surface area (Å²) in [5.74, 6) is 0.844. The smallest absolute Gasteiger partial charge is 0.120 e. The Labute approximate surface area is 149 Å². The monoisotopic (exact) mass is 509 g/mol. The first-order valence-corrected chi connectivity index (χ1v) is 8.82. The second-order valence-corrected chi connectivity index (χ2v) is 7.21. The van der Waals surface area contributed by atoms with Gasteiger partial charge in [-0.15, -0.1) is 0 Å². The lowest BCUT2D eigenvalue weighted by Crippen LogP contribution is -2.13. The number of rotatable bonds is 4. The van der Waals surface area contributed by atoms with E-state index in [1.54, 1.807) is 0 Å². The topological polar surface area (TPSA) is 35.2 Å². The minimum absolute atomic E-state index is 0.191. The highest BCUT2D eigenvalue weighted by Crippen LogP contribution is 2.33. The van der Waals surface area contributed by atoms with E-state index in [0.717, 1.165) is 25.8 Å². The van der Waals surface area contributed by atoms with Crippen LogP contribution in [0.15, 0.2) is 45.3 Å². The Balaban J connectivity index is 2.38. The third kappa shape index (κ3) is 3.75. The molecule has 2 aromatic carbocycles. The van der Waals surface area contributed by atoms with E-state index in [-0.39, 0.29) is 6.04 Å². The van der Waals surface area contributed by atoms with Crippen LogP contribution in [-0.2, 0) is 0 Å². The number of nitrogens with two attached hydrogens (primary N) is 1. The molecule has 5 heteroatoms. The molecule has 0 aliphatic heterocycles. The molecule has 106 valence electrons. The lowest BCUT2D eigenvalue weighted by Gasteiger charge is -2.17. The van der Waals surface area contributed by atoms with Gasteiger partial charge in [-0.2, -0.15) is 0 Å². The normalized spacial score (nSPS) is 12.2. The molecule has 0 bridgehead atoms. The number of halogens is 3. The van der Waals surface area contributed by atoms with E-state index in [9.17, 15) is 0 Å². The van der Waals surface area contributed by atoms with Crippen molar-refractivity contribution >= 4 is 54.5 Å². The fraction of sp³-hybridized carbons (Fsp3) is 0.200. The van der Waals surface area contributed by atoms with E-state index in [0.29, 0.717) is 6.61 Å². The van der Waals surface area contributed by atoms with E-state index in [2.05, 4.69) is 60.5 Å². The number of hydrogen-bond donors (Lipinski definition) is 1. The van der Waals surface area contributed by atoms with Gasteiger partial charge in [0.2, 0.25) is 0 Å². The number of ether oxygens (including phenoxy) is 1. The van der Waals surface area contributed by atoms with Crippen molar-refractivity contribution in [2.75, 3.05) is 6.61 Å². The molecular formula is C15H14Br2INO. The van der Waals surface area contributed by atoms with E-state index in [4.69, 9.17) is 10.5 Å². The highest BCUT2D eigenvalue weighted by atomic mass is 127. The van der Waals surface area contributed by atoms with Gasteiger partial charge in [-0.05, 0) is 71.0 Å². The van der Waals surface area contributed by atoms with Gasteiger partial charge in [-0.1, -0.05) is 37.9 Å². The van der Waals surface area contributed by atoms with Crippen molar-refractivity contribution in [1.82, 2.24) is 0 Å². The van der Waals surface area contributed by atoms with Crippen molar-refractivity contribution < 1.29 is 4.74 Å². The first kappa shape index (κ1) is 16.3. The zero-order valence-corrected chi connectivity index (χ0v) is 16.2. The van der Waals surface area contributed by atoms with E-state index in [1.165, 1.54) is 3.57 Å². The predicted molar refractivity (Wildman–Crippen MR) is 98.2 cm³/mol. The molecule has 0 fully saturated rings. The summed E-state index contributed by atoms with van der Waals surface area (Å²) in [5.41, 5.74) is 8.52. The van der Waals surface area contributed by atoms with Crippen LogP contribution in [0.1, 0.15) is 24.1 Å². The van der Waals surface area contributed by atoms with Crippen LogP contribution in [0.3, 0.4) is 0 Å². The first-order chi connectivity index (χ1) is 9.52. The molecule has 0 spiro atoms. The van der Waals surface area contributed by atoms with Gasteiger partial charge in [0.1, 0.15) is 5.75 Å². The van der Waals surface area contributed by atoms with Gasteiger partial charge in [0.15, 0.2) is 0 Å². The molecule has 0 radical (unpaired) electrons. The van der Waals surface area contributed by atoms with Crippen molar-refractivity contribution in [2.24, 2.45) is 5.73 Å². The van der Waals surface area contributed by atoms with Gasteiger partial charge >= 0.3 is 0 Å². The first-order valence-electron chi connectivity index (χ1n) is 6.15. The van der Waals surface area contributed by atoms with Crippen LogP contribution >= 0.6 is 54.5 Å². The molecule has 2 aromatic rings. The van der Waals surface area contributed by atoms with Gasteiger partial charge in [-0.25, -0.2) is 0 Å². The minimum Gasteiger partial charge on any atom is -0.494 e. The standard InChI is InChI=1S/C15H14Br2INO/c1-2-20-10-4-5-11(14(17)8-10)15(19)12-7-9(18)3-6-13(12)16/h3-8,15H,2,19H2,1H3. The Hall–Kier alpha value is -0.110. The molecule has 0 heterocycles. The maximum atomic E-state index is 6.41. The maximum absolute atomic E-state index is 6.41. The summed E-state index contributed by atoms with van der Waals surface area (Å²) in [6, 6.07) is 11.9. The molecule has 0 saturated heterocycles. The highest BCUT2D eigenvalue weighted by molar-refractivity contribution is 14.1. The Morgan fingerprint density at radius 1 is 1.10 bits per heavy atom. The molecule has 2 N–H and O–H groups in total. The average Bonchev–Trinajstić information content (AvgIpc) is 2.41. The molecule has 20 heavy (non-hydrogen) atoms. The number of benzene rings is 2. The zero-order chi connectivity index (χ0) is 14.7. The lowest BCUT2D eigenvalue weighted by molar-refractivity contribution is 0.340. The van der Waals surface area contributed by atoms with Crippen LogP contribution in [0.2, 0.25) is 0 Å². The Kier molecular flexibility index (Phi) is 5.89. The summed E-state index contributed by atoms with van der Waals surface area (Å²) in [4.78, 5) is 0. The van der Waals surface area contributed by atoms with Crippen molar-refractivity contribution in [3.63, 3.8) is 0 Å². The minimum atomic E-state index is -0.191. The van der Waals surface area contributed by atoms with Gasteiger partial charge in [-0.3, -0.25) is 0 Å². The molecule has 1 atom stereocenters. The SMILES string of the molecule is CCOc1ccc(C(N)c2cc(I)ccc2Br)c(Br)c1.